The van der Waals surface area contributed by atoms with Gasteiger partial charge in [0.2, 0.25) is 0 Å². The van der Waals surface area contributed by atoms with Crippen LogP contribution in [0, 0.1) is 34.0 Å². The molecule has 15 heavy (non-hydrogen) atoms. The Morgan fingerprint density at radius 3 is 2.73 bits per heavy atom. The van der Waals surface area contributed by atoms with Crippen molar-refractivity contribution in [3.63, 3.8) is 0 Å². The molecule has 0 saturated carbocycles. The number of piperidine rings is 1. The van der Waals surface area contributed by atoms with E-state index in [-0.39, 0.29) is 11.3 Å². The topological polar surface area (TPSA) is 50.8 Å². The predicted molar refractivity (Wildman–Crippen MR) is 58.8 cm³/mol. The van der Waals surface area contributed by atoms with Crippen LogP contribution in [0.1, 0.15) is 33.1 Å². The van der Waals surface area contributed by atoms with Crippen LogP contribution < -0.4 is 0 Å². The molecular weight excluding hydrogens is 186 g/mol. The van der Waals surface area contributed by atoms with Gasteiger partial charge < -0.3 is 4.90 Å². The van der Waals surface area contributed by atoms with Gasteiger partial charge in [-0.3, -0.25) is 0 Å². The second kappa shape index (κ2) is 5.14. The van der Waals surface area contributed by atoms with Crippen molar-refractivity contribution in [3.8, 4) is 12.1 Å². The lowest BCUT2D eigenvalue weighted by atomic mass is 9.90. The Balaban J connectivity index is 2.34. The summed E-state index contributed by atoms with van der Waals surface area (Å²) in [6.45, 7) is 6.86. The summed E-state index contributed by atoms with van der Waals surface area (Å²) in [5.41, 5.74) is -0.237. The lowest BCUT2D eigenvalue weighted by Crippen LogP contribution is -2.36. The van der Waals surface area contributed by atoms with Gasteiger partial charge in [0.15, 0.2) is 0 Å². The fourth-order valence-electron chi connectivity index (χ4n) is 1.86. The third-order valence-corrected chi connectivity index (χ3v) is 3.04. The predicted octanol–water partition coefficient (Wildman–Crippen LogP) is 2.16. The van der Waals surface area contributed by atoms with Gasteiger partial charge in [0.1, 0.15) is 0 Å². The summed E-state index contributed by atoms with van der Waals surface area (Å²) in [7, 11) is 0. The lowest BCUT2D eigenvalue weighted by Gasteiger charge is -2.31. The molecule has 3 nitrogen and oxygen atoms in total. The molecule has 3 heteroatoms. The lowest BCUT2D eigenvalue weighted by molar-refractivity contribution is 0.182. The maximum Gasteiger partial charge on any atom is 0.0684 e. The standard InChI is InChI=1S/C12H19N3/c1-12(2,10-14)5-7-15-6-3-4-11(8-13)9-15/h11H,3-7,9H2,1-2H3. The summed E-state index contributed by atoms with van der Waals surface area (Å²) in [5.74, 6) is 0.198. The van der Waals surface area contributed by atoms with E-state index in [9.17, 15) is 0 Å². The fourth-order valence-corrected chi connectivity index (χ4v) is 1.86. The van der Waals surface area contributed by atoms with Crippen LogP contribution in [0.2, 0.25) is 0 Å². The Morgan fingerprint density at radius 2 is 2.13 bits per heavy atom. The first-order chi connectivity index (χ1) is 7.07. The van der Waals surface area contributed by atoms with Gasteiger partial charge in [-0.2, -0.15) is 10.5 Å². The zero-order valence-electron chi connectivity index (χ0n) is 9.66. The smallest absolute Gasteiger partial charge is 0.0684 e. The highest BCUT2D eigenvalue weighted by Gasteiger charge is 2.22. The molecule has 0 amide bonds. The molecule has 1 unspecified atom stereocenters. The maximum atomic E-state index is 8.90. The van der Waals surface area contributed by atoms with E-state index in [2.05, 4.69) is 17.0 Å². The minimum Gasteiger partial charge on any atom is -0.302 e. The molecule has 0 N–H and O–H groups in total. The van der Waals surface area contributed by atoms with Crippen molar-refractivity contribution >= 4 is 0 Å². The van der Waals surface area contributed by atoms with Gasteiger partial charge in [0.25, 0.3) is 0 Å². The zero-order chi connectivity index (χ0) is 11.3. The summed E-state index contributed by atoms with van der Waals surface area (Å²) >= 11 is 0. The van der Waals surface area contributed by atoms with Gasteiger partial charge in [-0.15, -0.1) is 0 Å². The second-order valence-corrected chi connectivity index (χ2v) is 5.01. The summed E-state index contributed by atoms with van der Waals surface area (Å²) in [6, 6.07) is 4.65. The van der Waals surface area contributed by atoms with Gasteiger partial charge >= 0.3 is 0 Å². The van der Waals surface area contributed by atoms with E-state index >= 15 is 0 Å². The average Bonchev–Trinajstić information content (AvgIpc) is 2.27. The van der Waals surface area contributed by atoms with E-state index in [4.69, 9.17) is 10.5 Å². The number of rotatable bonds is 3. The summed E-state index contributed by atoms with van der Waals surface area (Å²) in [4.78, 5) is 2.32. The Labute approximate surface area is 92.3 Å². The molecule has 1 fully saturated rings. The maximum absolute atomic E-state index is 8.90. The Kier molecular flexibility index (Phi) is 4.12. The highest BCUT2D eigenvalue weighted by atomic mass is 15.1. The number of likely N-dealkylation sites (tertiary alicyclic amines) is 1. The van der Waals surface area contributed by atoms with Crippen LogP contribution in [-0.4, -0.2) is 24.5 Å². The zero-order valence-corrected chi connectivity index (χ0v) is 9.66. The highest BCUT2D eigenvalue weighted by molar-refractivity contribution is 4.93. The minimum absolute atomic E-state index is 0.198. The van der Waals surface area contributed by atoms with E-state index in [1.54, 1.807) is 0 Å². The van der Waals surface area contributed by atoms with Gasteiger partial charge in [-0.05, 0) is 46.2 Å². The Morgan fingerprint density at radius 1 is 1.40 bits per heavy atom. The Bertz CT molecular complexity index is 282. The average molecular weight is 205 g/mol. The largest absolute Gasteiger partial charge is 0.302 e. The van der Waals surface area contributed by atoms with Crippen molar-refractivity contribution in [1.82, 2.24) is 4.90 Å². The van der Waals surface area contributed by atoms with Crippen LogP contribution in [0.25, 0.3) is 0 Å². The van der Waals surface area contributed by atoms with Gasteiger partial charge in [0.05, 0.1) is 23.5 Å². The van der Waals surface area contributed by atoms with Crippen LogP contribution in [0.15, 0.2) is 0 Å². The molecular formula is C12H19N3. The van der Waals surface area contributed by atoms with Crippen molar-refractivity contribution < 1.29 is 0 Å². The van der Waals surface area contributed by atoms with E-state index in [0.29, 0.717) is 0 Å². The fraction of sp³-hybridized carbons (Fsp3) is 0.833. The van der Waals surface area contributed by atoms with Crippen LogP contribution in [0.4, 0.5) is 0 Å². The second-order valence-electron chi connectivity index (χ2n) is 5.01. The van der Waals surface area contributed by atoms with Gasteiger partial charge in [-0.25, -0.2) is 0 Å². The van der Waals surface area contributed by atoms with Gasteiger partial charge in [0, 0.05) is 6.54 Å². The molecule has 0 aromatic carbocycles. The quantitative estimate of drug-likeness (QED) is 0.709. The first kappa shape index (κ1) is 12.0. The molecule has 0 aromatic heterocycles. The Hall–Kier alpha value is -1.06. The molecule has 0 spiro atoms. The van der Waals surface area contributed by atoms with E-state index in [1.807, 2.05) is 13.8 Å². The molecule has 1 atom stereocenters. The van der Waals surface area contributed by atoms with Gasteiger partial charge in [-0.1, -0.05) is 0 Å². The molecule has 82 valence electrons. The minimum atomic E-state index is -0.237. The van der Waals surface area contributed by atoms with Crippen molar-refractivity contribution in [2.45, 2.75) is 33.1 Å². The van der Waals surface area contributed by atoms with E-state index in [1.165, 1.54) is 0 Å². The monoisotopic (exact) mass is 205 g/mol. The summed E-state index contributed by atoms with van der Waals surface area (Å²) in [6.07, 6.45) is 3.04. The molecule has 1 rings (SSSR count). The SMILES string of the molecule is CC(C)(C#N)CCN1CCCC(C#N)C1. The van der Waals surface area contributed by atoms with Crippen molar-refractivity contribution in [1.29, 1.82) is 10.5 Å². The third-order valence-electron chi connectivity index (χ3n) is 3.04. The molecule has 1 aliphatic rings. The van der Waals surface area contributed by atoms with Crippen molar-refractivity contribution in [2.24, 2.45) is 11.3 Å². The summed E-state index contributed by atoms with van der Waals surface area (Å²) in [5, 5.41) is 17.8. The third kappa shape index (κ3) is 3.90. The molecule has 0 radical (unpaired) electrons. The van der Waals surface area contributed by atoms with Crippen LogP contribution in [0.5, 0.6) is 0 Å². The summed E-state index contributed by atoms with van der Waals surface area (Å²) < 4.78 is 0. The molecule has 1 aliphatic heterocycles. The van der Waals surface area contributed by atoms with Crippen LogP contribution in [0.3, 0.4) is 0 Å². The molecule has 0 aromatic rings. The molecule has 1 heterocycles. The highest BCUT2D eigenvalue weighted by Crippen LogP contribution is 2.21. The van der Waals surface area contributed by atoms with Crippen LogP contribution in [-0.2, 0) is 0 Å². The number of hydrogen-bond acceptors (Lipinski definition) is 3. The van der Waals surface area contributed by atoms with Crippen molar-refractivity contribution in [2.75, 3.05) is 19.6 Å². The molecule has 0 aliphatic carbocycles. The van der Waals surface area contributed by atoms with Crippen molar-refractivity contribution in [3.05, 3.63) is 0 Å². The first-order valence-electron chi connectivity index (χ1n) is 5.60. The number of nitrogens with zero attached hydrogens (tertiary/aromatic N) is 3. The molecule has 0 bridgehead atoms. The van der Waals surface area contributed by atoms with E-state index < -0.39 is 0 Å². The molecule has 1 saturated heterocycles. The van der Waals surface area contributed by atoms with Crippen LogP contribution >= 0.6 is 0 Å². The number of hydrogen-bond donors (Lipinski definition) is 0. The normalized spacial score (nSPS) is 23.1. The number of nitriles is 2. The van der Waals surface area contributed by atoms with E-state index in [0.717, 1.165) is 38.9 Å². The first-order valence-corrected chi connectivity index (χ1v) is 5.60.